The minimum absolute atomic E-state index is 0.107. The number of anilines is 2. The molecule has 3 aliphatic heterocycles. The number of ether oxygens (including phenoxy) is 3. The quantitative estimate of drug-likeness (QED) is 0.228. The largest absolute Gasteiger partial charge is 0.493 e. The molecule has 0 spiro atoms. The molecule has 3 aliphatic rings. The molecule has 0 N–H and O–H groups in total. The van der Waals surface area contributed by atoms with E-state index < -0.39 is 11.6 Å². The molecule has 0 fully saturated rings. The third kappa shape index (κ3) is 4.73. The van der Waals surface area contributed by atoms with Crippen LogP contribution in [0.15, 0.2) is 24.3 Å². The van der Waals surface area contributed by atoms with Gasteiger partial charge in [0, 0.05) is 60.3 Å². The number of rotatable bonds is 9. The Morgan fingerprint density at radius 2 is 1.50 bits per heavy atom. The van der Waals surface area contributed by atoms with E-state index in [9.17, 15) is 4.79 Å². The van der Waals surface area contributed by atoms with E-state index in [2.05, 4.69) is 75.6 Å². The van der Waals surface area contributed by atoms with Gasteiger partial charge in [-0.2, -0.15) is 0 Å². The highest BCUT2D eigenvalue weighted by Gasteiger charge is 2.56. The van der Waals surface area contributed by atoms with Crippen LogP contribution in [0, 0.1) is 13.8 Å². The van der Waals surface area contributed by atoms with Gasteiger partial charge < -0.3 is 24.0 Å². The van der Waals surface area contributed by atoms with Crippen LogP contribution in [-0.2, 0) is 21.2 Å². The van der Waals surface area contributed by atoms with Crippen molar-refractivity contribution in [1.82, 2.24) is 9.97 Å². The van der Waals surface area contributed by atoms with Gasteiger partial charge >= 0.3 is 5.97 Å². The molecule has 6 rings (SSSR count). The van der Waals surface area contributed by atoms with Crippen molar-refractivity contribution in [2.24, 2.45) is 0 Å². The first-order chi connectivity index (χ1) is 21.8. The first-order valence-electron chi connectivity index (χ1n) is 17.1. The number of esters is 1. The molecule has 46 heavy (non-hydrogen) atoms. The van der Waals surface area contributed by atoms with Crippen LogP contribution in [0.1, 0.15) is 118 Å². The molecule has 0 radical (unpaired) electrons. The normalized spacial score (nSPS) is 20.6. The molecule has 3 aromatic rings. The molecule has 0 aliphatic carbocycles. The molecule has 2 aromatic carbocycles. The summed E-state index contributed by atoms with van der Waals surface area (Å²) >= 11 is 0. The van der Waals surface area contributed by atoms with Gasteiger partial charge in [0.1, 0.15) is 17.2 Å². The van der Waals surface area contributed by atoms with Gasteiger partial charge in [-0.25, -0.2) is 14.8 Å². The van der Waals surface area contributed by atoms with Crippen molar-refractivity contribution in [1.29, 1.82) is 0 Å². The second-order valence-electron chi connectivity index (χ2n) is 14.2. The highest BCUT2D eigenvalue weighted by atomic mass is 16.6. The second-order valence-corrected chi connectivity index (χ2v) is 14.2. The smallest absolute Gasteiger partial charge is 0.360 e. The van der Waals surface area contributed by atoms with Crippen molar-refractivity contribution >= 4 is 17.3 Å². The van der Waals surface area contributed by atoms with Gasteiger partial charge in [-0.1, -0.05) is 27.7 Å². The molecule has 1 atom stereocenters. The maximum absolute atomic E-state index is 14.0. The summed E-state index contributed by atoms with van der Waals surface area (Å²) < 4.78 is 19.9. The van der Waals surface area contributed by atoms with Gasteiger partial charge in [-0.05, 0) is 89.0 Å². The summed E-state index contributed by atoms with van der Waals surface area (Å²) in [5, 5.41) is 0. The summed E-state index contributed by atoms with van der Waals surface area (Å²) in [6.45, 7) is 26.0. The average molecular weight is 627 g/mol. The molecule has 4 heterocycles. The van der Waals surface area contributed by atoms with Crippen LogP contribution >= 0.6 is 0 Å². The van der Waals surface area contributed by atoms with Crippen LogP contribution in [0.4, 0.5) is 11.4 Å². The maximum atomic E-state index is 14.0. The highest BCUT2D eigenvalue weighted by molar-refractivity contribution is 5.94. The van der Waals surface area contributed by atoms with Gasteiger partial charge in [-0.15, -0.1) is 0 Å². The Hall–Kier alpha value is -3.81. The first-order valence-corrected chi connectivity index (χ1v) is 17.1. The van der Waals surface area contributed by atoms with E-state index in [4.69, 9.17) is 24.2 Å². The van der Waals surface area contributed by atoms with Crippen molar-refractivity contribution in [3.8, 4) is 11.5 Å². The molecule has 1 unspecified atom stereocenters. The molecule has 8 nitrogen and oxygen atoms in total. The average Bonchev–Trinajstić information content (AvgIpc) is 3.28. The summed E-state index contributed by atoms with van der Waals surface area (Å²) in [5.74, 6) is 0.931. The minimum atomic E-state index is -1.44. The number of carbonyl (C=O) groups excluding carboxylic acids is 1. The fourth-order valence-electron chi connectivity index (χ4n) is 7.71. The number of aryl methyl sites for hydroxylation is 2. The van der Waals surface area contributed by atoms with Gasteiger partial charge in [0.05, 0.1) is 24.6 Å². The fourth-order valence-corrected chi connectivity index (χ4v) is 7.71. The predicted octanol–water partition coefficient (Wildman–Crippen LogP) is 7.37. The van der Waals surface area contributed by atoms with Crippen molar-refractivity contribution in [3.63, 3.8) is 0 Å². The summed E-state index contributed by atoms with van der Waals surface area (Å²) in [7, 11) is 0. The number of hydrogen-bond acceptors (Lipinski definition) is 8. The number of aromatic nitrogens is 2. The molecule has 0 saturated heterocycles. The van der Waals surface area contributed by atoms with E-state index in [0.717, 1.165) is 67.3 Å². The molecule has 0 bridgehead atoms. The topological polar surface area (TPSA) is 77.0 Å². The van der Waals surface area contributed by atoms with Gasteiger partial charge in [0.2, 0.25) is 5.60 Å². The lowest BCUT2D eigenvalue weighted by Crippen LogP contribution is -2.46. The molecule has 246 valence electrons. The molecule has 0 amide bonds. The molecule has 8 heteroatoms. The lowest BCUT2D eigenvalue weighted by Gasteiger charge is -2.49. The number of benzene rings is 2. The van der Waals surface area contributed by atoms with Crippen molar-refractivity contribution in [3.05, 3.63) is 69.3 Å². The Balaban J connectivity index is 1.80. The van der Waals surface area contributed by atoms with E-state index in [1.165, 1.54) is 16.8 Å². The van der Waals surface area contributed by atoms with E-state index in [0.29, 0.717) is 30.4 Å². The monoisotopic (exact) mass is 626 g/mol. The molecular formula is C38H50N4O4. The number of nitrogens with zero attached hydrogens (tertiary/aromatic N) is 4. The summed E-state index contributed by atoms with van der Waals surface area (Å²) in [5.41, 5.74) is 6.73. The van der Waals surface area contributed by atoms with E-state index in [-0.39, 0.29) is 16.5 Å². The van der Waals surface area contributed by atoms with Crippen LogP contribution < -0.4 is 19.3 Å². The van der Waals surface area contributed by atoms with Gasteiger partial charge in [0.15, 0.2) is 5.69 Å². The fraction of sp³-hybridized carbons (Fsp3) is 0.553. The van der Waals surface area contributed by atoms with Crippen LogP contribution in [0.2, 0.25) is 0 Å². The SMILES string of the molecule is CCOc1cc(N(CC)CC)ccc1C1(c2cc3c4c(c2OCC)C(C)(C)CCN4CCC3(C)C)OC(=O)c2nc(C)c(C)nc21. The standard InChI is InChI=1S/C38H50N4O4/c1-11-41(12-2)25-15-16-26(29(21-25)44-13-3)38(34-31(35(43)46-38)39-23(5)24(6)40-34)28-22-27-32-30(33(28)45-14-4)37(9,10)18-20-42(32)19-17-36(27,7)8/h15-16,21-22H,11-14,17-20H2,1-10H3. The third-order valence-corrected chi connectivity index (χ3v) is 10.5. The lowest BCUT2D eigenvalue weighted by molar-refractivity contribution is 0.0224. The summed E-state index contributed by atoms with van der Waals surface area (Å²) in [6, 6.07) is 8.49. The van der Waals surface area contributed by atoms with Gasteiger partial charge in [-0.3, -0.25) is 0 Å². The highest BCUT2D eigenvalue weighted by Crippen LogP contribution is 2.59. The number of cyclic esters (lactones) is 1. The van der Waals surface area contributed by atoms with Crippen LogP contribution in [0.25, 0.3) is 0 Å². The zero-order valence-corrected chi connectivity index (χ0v) is 29.4. The Morgan fingerprint density at radius 1 is 0.848 bits per heavy atom. The van der Waals surface area contributed by atoms with E-state index in [1.54, 1.807) is 0 Å². The van der Waals surface area contributed by atoms with Crippen LogP contribution in [-0.4, -0.2) is 55.3 Å². The van der Waals surface area contributed by atoms with Crippen molar-refractivity contribution < 1.29 is 19.0 Å². The van der Waals surface area contributed by atoms with Gasteiger partial charge in [0.25, 0.3) is 0 Å². The number of carbonyl (C=O) groups is 1. The maximum Gasteiger partial charge on any atom is 0.360 e. The summed E-state index contributed by atoms with van der Waals surface area (Å²) in [6.07, 6.45) is 2.02. The second kappa shape index (κ2) is 11.5. The Kier molecular flexibility index (Phi) is 8.01. The Bertz CT molecular complexity index is 1690. The van der Waals surface area contributed by atoms with Crippen molar-refractivity contribution in [2.45, 2.75) is 98.5 Å². The van der Waals surface area contributed by atoms with Crippen LogP contribution in [0.3, 0.4) is 0 Å². The summed E-state index contributed by atoms with van der Waals surface area (Å²) in [4.78, 5) is 28.8. The lowest BCUT2D eigenvalue weighted by atomic mass is 9.67. The van der Waals surface area contributed by atoms with Crippen LogP contribution in [0.5, 0.6) is 11.5 Å². The molecule has 1 aromatic heterocycles. The number of fused-ring (bicyclic) bond motifs is 1. The first kappa shape index (κ1) is 32.1. The zero-order valence-electron chi connectivity index (χ0n) is 29.4. The Labute approximate surface area is 274 Å². The zero-order chi connectivity index (χ0) is 33.2. The predicted molar refractivity (Wildman–Crippen MR) is 183 cm³/mol. The minimum Gasteiger partial charge on any atom is -0.493 e. The molecular weight excluding hydrogens is 576 g/mol. The van der Waals surface area contributed by atoms with E-state index >= 15 is 0 Å². The Morgan fingerprint density at radius 3 is 2.15 bits per heavy atom. The molecule has 0 saturated carbocycles. The van der Waals surface area contributed by atoms with Crippen molar-refractivity contribution in [2.75, 3.05) is 49.2 Å². The van der Waals surface area contributed by atoms with E-state index in [1.807, 2.05) is 27.7 Å². The third-order valence-electron chi connectivity index (χ3n) is 10.5. The number of hydrogen-bond donors (Lipinski definition) is 0.